The molecular weight excluding hydrogens is 1580 g/mol. The molecule has 7 unspecified atom stereocenters. The van der Waals surface area contributed by atoms with E-state index in [1.165, 1.54) is 36.4 Å². The summed E-state index contributed by atoms with van der Waals surface area (Å²) in [4.78, 5) is 0. The number of phenolic OH excluding ortho intramolecular Hbond substituents is 4. The topological polar surface area (TPSA) is 364 Å². The van der Waals surface area contributed by atoms with Crippen LogP contribution in [-0.4, -0.2) is 153 Å². The number of rotatable bonds is 0. The molecule has 9 rings (SSSR count). The number of benzene rings is 2. The van der Waals surface area contributed by atoms with E-state index in [0.29, 0.717) is 12.8 Å². The predicted octanol–water partition coefficient (Wildman–Crippen LogP) is 13.6. The van der Waals surface area contributed by atoms with Crippen LogP contribution in [0.15, 0.2) is 217 Å². The van der Waals surface area contributed by atoms with Gasteiger partial charge in [0.05, 0.1) is 0 Å². The molecule has 0 aromatic heterocycles. The maximum Gasteiger partial charge on any atom is 0.157 e. The van der Waals surface area contributed by atoms with Crippen LogP contribution >= 0.6 is 37.2 Å². The average molecular weight is 1690 g/mol. The number of para-hydroxylation sites is 4. The summed E-state index contributed by atoms with van der Waals surface area (Å²) in [5.41, 5.74) is 0. The minimum atomic E-state index is -0.708. The molecule has 0 spiro atoms. The molecular formula is C68H110Fe4I2O18. The van der Waals surface area contributed by atoms with E-state index >= 15 is 0 Å². The summed E-state index contributed by atoms with van der Waals surface area (Å²) in [5.74, 6) is -0.0764. The van der Waals surface area contributed by atoms with Gasteiger partial charge in [-0.05, 0) is 49.3 Å². The van der Waals surface area contributed by atoms with E-state index in [9.17, 15) is 0 Å². The van der Waals surface area contributed by atoms with E-state index in [1.54, 1.807) is 146 Å². The summed E-state index contributed by atoms with van der Waals surface area (Å²) in [6.45, 7) is 28.0. The van der Waals surface area contributed by atoms with Gasteiger partial charge in [-0.3, -0.25) is 0 Å². The molecule has 7 aliphatic rings. The molecule has 7 aliphatic carbocycles. The van der Waals surface area contributed by atoms with Crippen molar-refractivity contribution in [2.75, 3.05) is 0 Å². The first-order valence-corrected chi connectivity index (χ1v) is 35.7. The van der Waals surface area contributed by atoms with Crippen LogP contribution in [0.2, 0.25) is 0 Å². The van der Waals surface area contributed by atoms with Crippen molar-refractivity contribution in [1.29, 1.82) is 0 Å². The zero-order chi connectivity index (χ0) is 69.8. The van der Waals surface area contributed by atoms with Crippen molar-refractivity contribution in [3.05, 3.63) is 217 Å². The molecule has 18 nitrogen and oxygen atoms in total. The number of halogens is 2. The first kappa shape index (κ1) is 116. The van der Waals surface area contributed by atoms with E-state index in [4.69, 9.17) is 91.9 Å². The van der Waals surface area contributed by atoms with Gasteiger partial charge in [-0.15, -0.1) is 0 Å². The van der Waals surface area contributed by atoms with Crippen molar-refractivity contribution in [1.82, 2.24) is 0 Å². The Morgan fingerprint density at radius 1 is 0.261 bits per heavy atom. The molecule has 24 heteroatoms. The predicted molar refractivity (Wildman–Crippen MR) is 380 cm³/mol. The van der Waals surface area contributed by atoms with E-state index < -0.39 is 61.0 Å². The van der Waals surface area contributed by atoms with Gasteiger partial charge in [0.15, 0.2) is 34.5 Å². The van der Waals surface area contributed by atoms with Gasteiger partial charge in [0, 0.05) is 118 Å². The molecule has 0 aliphatic heterocycles. The van der Waals surface area contributed by atoms with Gasteiger partial charge >= 0.3 is 0 Å². The molecule has 0 fully saturated rings. The van der Waals surface area contributed by atoms with E-state index in [1.807, 2.05) is 109 Å². The molecule has 92 heavy (non-hydrogen) atoms. The number of allylic oxidation sites excluding steroid dienone is 16. The number of aromatic hydroxyl groups is 4. The minimum Gasteiger partial charge on any atom is -0.508 e. The van der Waals surface area contributed by atoms with Crippen molar-refractivity contribution in [2.24, 2.45) is 0 Å². The smallest absolute Gasteiger partial charge is 0.157 e. The molecule has 0 saturated heterocycles. The summed E-state index contributed by atoms with van der Waals surface area (Å²) < 4.78 is 0. The average Bonchev–Trinajstić information content (AvgIpc) is 3.60. The van der Waals surface area contributed by atoms with Crippen molar-refractivity contribution in [2.45, 2.75) is 184 Å². The molecule has 0 saturated carbocycles. The van der Waals surface area contributed by atoms with Gasteiger partial charge in [0.25, 0.3) is 0 Å². The Morgan fingerprint density at radius 2 is 0.391 bits per heavy atom. The fourth-order valence-corrected chi connectivity index (χ4v) is 5.13. The summed E-state index contributed by atoms with van der Waals surface area (Å²) in [7, 11) is 0. The summed E-state index contributed by atoms with van der Waals surface area (Å²) in [6, 6.07) is 12.3. The van der Waals surface area contributed by atoms with Crippen molar-refractivity contribution in [3.8, 4) is 23.0 Å². The zero-order valence-electron chi connectivity index (χ0n) is 55.3. The standard InChI is InChI=1S/7C6H8O2.2C6H6O2.7C2H6.4Fe.I2/c9*7-5-3-1-2-4-6(5)8;7*1-2;;;;;1-2/h2*1,3,7-8H,2,4H2;5*1-8H;2*1-4,7-8H;7*1-2H3;;;;;/t;;3*5-,6?;;;;;;;;;;;;;;;;/m..000................/s1. The van der Waals surface area contributed by atoms with Gasteiger partial charge in [0.1, 0.15) is 72.6 Å². The SMILES string of the molecule is CC.CC.CC.CC.CC.CC.CC.II.OC1=C(O)CCC=C1.OC1=C(O)CCC=C1.OC1C=CC=CC1O.OC1C=CC=CC1O.OC1C=CC=C[C@@H]1O.OC1C=CC=C[C@@H]1O.OC1C=CC=C[C@@H]1O.Oc1ccccc1O.Oc1ccccc1O.[Fe].[Fe].[Fe].[Fe]. The van der Waals surface area contributed by atoms with Gasteiger partial charge in [-0.1, -0.05) is 255 Å². The second kappa shape index (κ2) is 87.3. The maximum atomic E-state index is 8.79. The van der Waals surface area contributed by atoms with E-state index in [0.717, 1.165) is 12.8 Å². The molecule has 10 atom stereocenters. The molecule has 18 N–H and O–H groups in total. The van der Waals surface area contributed by atoms with Crippen LogP contribution in [0.5, 0.6) is 23.0 Å². The third-order valence-corrected chi connectivity index (χ3v) is 9.39. The van der Waals surface area contributed by atoms with Gasteiger partial charge in [-0.25, -0.2) is 0 Å². The van der Waals surface area contributed by atoms with E-state index in [-0.39, 0.29) is 114 Å². The normalized spacial score (nSPS) is 21.0. The van der Waals surface area contributed by atoms with Crippen molar-refractivity contribution in [3.63, 3.8) is 0 Å². The van der Waals surface area contributed by atoms with Gasteiger partial charge in [0.2, 0.25) is 0 Å². The Hall–Kier alpha value is -3.66. The fraction of sp³-hybridized carbons (Fsp3) is 0.412. The Labute approximate surface area is 616 Å². The number of aliphatic hydroxyl groups is 14. The first-order valence-electron chi connectivity index (χ1n) is 29.4. The first-order chi connectivity index (χ1) is 42.2. The van der Waals surface area contributed by atoms with Crippen LogP contribution in [0.4, 0.5) is 0 Å². The Balaban J connectivity index is -0.0000000757. The molecule has 2 aromatic rings. The molecule has 0 heterocycles. The summed E-state index contributed by atoms with van der Waals surface area (Å²) in [6.07, 6.45) is 34.9. The van der Waals surface area contributed by atoms with Crippen molar-refractivity contribution < 1.29 is 160 Å². The van der Waals surface area contributed by atoms with Crippen LogP contribution in [0.25, 0.3) is 0 Å². The number of hydrogen-bond acceptors (Lipinski definition) is 18. The Bertz CT molecular complexity index is 1950. The molecule has 0 bridgehead atoms. The largest absolute Gasteiger partial charge is 0.508 e. The second-order valence-corrected chi connectivity index (χ2v) is 15.3. The fourth-order valence-electron chi connectivity index (χ4n) is 5.13. The quantitative estimate of drug-likeness (QED) is 0.0662. The van der Waals surface area contributed by atoms with Gasteiger partial charge in [-0.2, -0.15) is 0 Å². The molecule has 2 aromatic carbocycles. The summed E-state index contributed by atoms with van der Waals surface area (Å²) in [5, 5.41) is 158. The Kier molecular flexibility index (Phi) is 110. The zero-order valence-corrected chi connectivity index (χ0v) is 64.0. The van der Waals surface area contributed by atoms with Crippen molar-refractivity contribution >= 4 is 37.2 Å². The van der Waals surface area contributed by atoms with E-state index in [2.05, 4.69) is 37.2 Å². The number of hydrogen-bond donors (Lipinski definition) is 18. The second-order valence-electron chi connectivity index (χ2n) is 15.3. The Morgan fingerprint density at radius 3 is 0.467 bits per heavy atom. The monoisotopic (exact) mass is 1690 g/mol. The third kappa shape index (κ3) is 69.2. The van der Waals surface area contributed by atoms with Crippen LogP contribution in [0.1, 0.15) is 123 Å². The van der Waals surface area contributed by atoms with Crippen LogP contribution in [0, 0.1) is 0 Å². The maximum absolute atomic E-state index is 8.79. The number of phenols is 4. The molecule has 0 amide bonds. The van der Waals surface area contributed by atoms with Crippen LogP contribution in [-0.2, 0) is 68.3 Å². The summed E-state index contributed by atoms with van der Waals surface area (Å²) >= 11 is 4.24. The van der Waals surface area contributed by atoms with Crippen LogP contribution in [0.3, 0.4) is 0 Å². The molecule has 536 valence electrons. The third-order valence-electron chi connectivity index (χ3n) is 9.39. The minimum absolute atomic E-state index is 0. The number of aliphatic hydroxyl groups excluding tert-OH is 14. The van der Waals surface area contributed by atoms with Gasteiger partial charge < -0.3 is 91.9 Å². The van der Waals surface area contributed by atoms with Crippen LogP contribution < -0.4 is 0 Å². The molecule has 0 radical (unpaired) electrons.